The zero-order valence-corrected chi connectivity index (χ0v) is 13.8. The zero-order valence-electron chi connectivity index (χ0n) is 13.8. The summed E-state index contributed by atoms with van der Waals surface area (Å²) in [5, 5.41) is 5.71. The Morgan fingerprint density at radius 2 is 1.75 bits per heavy atom. The standard InChI is InChI=1S/C19H23N3O2/c1-14(10-11-15-6-3-2-4-7-15)22-19(24)21-13-16-8-5-9-17(12-16)18(20)23/h2-9,12,14H,10-11,13H2,1H3,(H2,20,23)(H2,21,22,24). The van der Waals surface area contributed by atoms with Gasteiger partial charge in [-0.1, -0.05) is 42.5 Å². The third-order valence-corrected chi connectivity index (χ3v) is 3.75. The van der Waals surface area contributed by atoms with Crippen molar-refractivity contribution in [2.45, 2.75) is 32.4 Å². The molecule has 0 spiro atoms. The summed E-state index contributed by atoms with van der Waals surface area (Å²) in [4.78, 5) is 23.1. The van der Waals surface area contributed by atoms with Gasteiger partial charge in [0.2, 0.25) is 5.91 Å². The van der Waals surface area contributed by atoms with Crippen LogP contribution >= 0.6 is 0 Å². The maximum absolute atomic E-state index is 11.9. The van der Waals surface area contributed by atoms with Crippen LogP contribution in [-0.4, -0.2) is 18.0 Å². The molecule has 0 radical (unpaired) electrons. The Kier molecular flexibility index (Phi) is 6.37. The fraction of sp³-hybridized carbons (Fsp3) is 0.263. The van der Waals surface area contributed by atoms with Crippen LogP contribution in [0.4, 0.5) is 4.79 Å². The fourth-order valence-corrected chi connectivity index (χ4v) is 2.39. The van der Waals surface area contributed by atoms with E-state index in [0.717, 1.165) is 18.4 Å². The van der Waals surface area contributed by atoms with E-state index in [4.69, 9.17) is 5.73 Å². The molecule has 5 heteroatoms. The number of nitrogens with two attached hydrogens (primary N) is 1. The largest absolute Gasteiger partial charge is 0.366 e. The van der Waals surface area contributed by atoms with E-state index in [1.54, 1.807) is 18.2 Å². The maximum atomic E-state index is 11.9. The van der Waals surface area contributed by atoms with Gasteiger partial charge in [-0.15, -0.1) is 0 Å². The van der Waals surface area contributed by atoms with E-state index in [1.807, 2.05) is 31.2 Å². The highest BCUT2D eigenvalue weighted by molar-refractivity contribution is 5.92. The normalized spacial score (nSPS) is 11.5. The zero-order chi connectivity index (χ0) is 17.4. The summed E-state index contributed by atoms with van der Waals surface area (Å²) in [6, 6.07) is 17.0. The summed E-state index contributed by atoms with van der Waals surface area (Å²) in [7, 11) is 0. The molecular formula is C19H23N3O2. The van der Waals surface area contributed by atoms with Gasteiger partial charge in [0.15, 0.2) is 0 Å². The lowest BCUT2D eigenvalue weighted by Crippen LogP contribution is -2.40. The van der Waals surface area contributed by atoms with Gasteiger partial charge in [-0.2, -0.15) is 0 Å². The minimum Gasteiger partial charge on any atom is -0.366 e. The van der Waals surface area contributed by atoms with Crippen LogP contribution in [0.3, 0.4) is 0 Å². The quantitative estimate of drug-likeness (QED) is 0.731. The molecule has 0 saturated carbocycles. The Morgan fingerprint density at radius 1 is 1.04 bits per heavy atom. The van der Waals surface area contributed by atoms with Crippen molar-refractivity contribution in [1.82, 2.24) is 10.6 Å². The Hall–Kier alpha value is -2.82. The van der Waals surface area contributed by atoms with E-state index in [1.165, 1.54) is 5.56 Å². The molecule has 0 aliphatic rings. The van der Waals surface area contributed by atoms with E-state index < -0.39 is 5.91 Å². The molecule has 4 N–H and O–H groups in total. The molecule has 0 aliphatic carbocycles. The molecule has 2 aromatic carbocycles. The molecule has 24 heavy (non-hydrogen) atoms. The Morgan fingerprint density at radius 3 is 2.46 bits per heavy atom. The first-order valence-electron chi connectivity index (χ1n) is 8.01. The summed E-state index contributed by atoms with van der Waals surface area (Å²) >= 11 is 0. The molecule has 0 fully saturated rings. The van der Waals surface area contributed by atoms with Crippen LogP contribution in [0, 0.1) is 0 Å². The number of aryl methyl sites for hydroxylation is 1. The van der Waals surface area contributed by atoms with Crippen LogP contribution < -0.4 is 16.4 Å². The summed E-state index contributed by atoms with van der Waals surface area (Å²) in [6.07, 6.45) is 1.79. The molecule has 2 aromatic rings. The monoisotopic (exact) mass is 325 g/mol. The van der Waals surface area contributed by atoms with Crippen molar-refractivity contribution in [2.75, 3.05) is 0 Å². The molecule has 126 valence electrons. The summed E-state index contributed by atoms with van der Waals surface area (Å²) in [5.41, 5.74) is 7.77. The van der Waals surface area contributed by atoms with Crippen LogP contribution in [0.15, 0.2) is 54.6 Å². The molecule has 0 aromatic heterocycles. The molecular weight excluding hydrogens is 302 g/mol. The number of rotatable bonds is 7. The van der Waals surface area contributed by atoms with Gasteiger partial charge < -0.3 is 16.4 Å². The number of primary amides is 1. The molecule has 0 bridgehead atoms. The van der Waals surface area contributed by atoms with Crippen molar-refractivity contribution in [3.05, 3.63) is 71.3 Å². The number of benzene rings is 2. The van der Waals surface area contributed by atoms with Crippen molar-refractivity contribution in [1.29, 1.82) is 0 Å². The number of nitrogens with one attached hydrogen (secondary N) is 2. The average Bonchev–Trinajstić information content (AvgIpc) is 2.59. The predicted octanol–water partition coefficient (Wildman–Crippen LogP) is 2.61. The van der Waals surface area contributed by atoms with E-state index >= 15 is 0 Å². The molecule has 2 rings (SSSR count). The predicted molar refractivity (Wildman–Crippen MR) is 94.6 cm³/mol. The van der Waals surface area contributed by atoms with Crippen molar-refractivity contribution in [2.24, 2.45) is 5.73 Å². The van der Waals surface area contributed by atoms with Crippen molar-refractivity contribution in [3.8, 4) is 0 Å². The number of hydrogen-bond acceptors (Lipinski definition) is 2. The first kappa shape index (κ1) is 17.5. The lowest BCUT2D eigenvalue weighted by atomic mass is 10.1. The van der Waals surface area contributed by atoms with E-state index in [2.05, 4.69) is 22.8 Å². The van der Waals surface area contributed by atoms with Gasteiger partial charge >= 0.3 is 6.03 Å². The van der Waals surface area contributed by atoms with E-state index in [0.29, 0.717) is 12.1 Å². The van der Waals surface area contributed by atoms with E-state index in [9.17, 15) is 9.59 Å². The van der Waals surface area contributed by atoms with Gasteiger partial charge in [-0.25, -0.2) is 4.79 Å². The van der Waals surface area contributed by atoms with Crippen molar-refractivity contribution < 1.29 is 9.59 Å². The summed E-state index contributed by atoms with van der Waals surface area (Å²) in [5.74, 6) is -0.476. The lowest BCUT2D eigenvalue weighted by molar-refractivity contribution is 0.1000. The number of urea groups is 1. The fourth-order valence-electron chi connectivity index (χ4n) is 2.39. The highest BCUT2D eigenvalue weighted by Gasteiger charge is 2.08. The summed E-state index contributed by atoms with van der Waals surface area (Å²) < 4.78 is 0. The third kappa shape index (κ3) is 5.76. The third-order valence-electron chi connectivity index (χ3n) is 3.75. The smallest absolute Gasteiger partial charge is 0.315 e. The Bertz CT molecular complexity index is 686. The number of carbonyl (C=O) groups excluding carboxylic acids is 2. The minimum atomic E-state index is -0.476. The van der Waals surface area contributed by atoms with Crippen LogP contribution in [0.5, 0.6) is 0 Å². The second-order valence-corrected chi connectivity index (χ2v) is 5.82. The number of carbonyl (C=O) groups is 2. The lowest BCUT2D eigenvalue weighted by Gasteiger charge is -2.15. The molecule has 5 nitrogen and oxygen atoms in total. The second-order valence-electron chi connectivity index (χ2n) is 5.82. The molecule has 3 amide bonds. The van der Waals surface area contributed by atoms with Gasteiger partial charge in [0.1, 0.15) is 0 Å². The van der Waals surface area contributed by atoms with E-state index in [-0.39, 0.29) is 12.1 Å². The number of amides is 3. The average molecular weight is 325 g/mol. The topological polar surface area (TPSA) is 84.2 Å². The highest BCUT2D eigenvalue weighted by atomic mass is 16.2. The summed E-state index contributed by atoms with van der Waals surface area (Å²) in [6.45, 7) is 2.33. The molecule has 1 atom stereocenters. The minimum absolute atomic E-state index is 0.0714. The van der Waals surface area contributed by atoms with Gasteiger partial charge in [-0.05, 0) is 43.0 Å². The van der Waals surface area contributed by atoms with Gasteiger partial charge in [-0.3, -0.25) is 4.79 Å². The van der Waals surface area contributed by atoms with Crippen LogP contribution in [0.1, 0.15) is 34.8 Å². The van der Waals surface area contributed by atoms with Gasteiger partial charge in [0.05, 0.1) is 0 Å². The Labute approximate surface area is 142 Å². The maximum Gasteiger partial charge on any atom is 0.315 e. The van der Waals surface area contributed by atoms with Gasteiger partial charge in [0, 0.05) is 18.2 Å². The second kappa shape index (κ2) is 8.72. The molecule has 0 aliphatic heterocycles. The molecule has 0 heterocycles. The number of hydrogen-bond donors (Lipinski definition) is 3. The van der Waals surface area contributed by atoms with Crippen LogP contribution in [0.25, 0.3) is 0 Å². The Balaban J connectivity index is 1.74. The first-order chi connectivity index (χ1) is 11.5. The first-order valence-corrected chi connectivity index (χ1v) is 8.01. The van der Waals surface area contributed by atoms with Crippen molar-refractivity contribution in [3.63, 3.8) is 0 Å². The van der Waals surface area contributed by atoms with Crippen LogP contribution in [-0.2, 0) is 13.0 Å². The van der Waals surface area contributed by atoms with Gasteiger partial charge in [0.25, 0.3) is 0 Å². The van der Waals surface area contributed by atoms with Crippen LogP contribution in [0.2, 0.25) is 0 Å². The molecule has 1 unspecified atom stereocenters. The molecule has 0 saturated heterocycles. The SMILES string of the molecule is CC(CCc1ccccc1)NC(=O)NCc1cccc(C(N)=O)c1. The van der Waals surface area contributed by atoms with Crippen molar-refractivity contribution >= 4 is 11.9 Å². The highest BCUT2D eigenvalue weighted by Crippen LogP contribution is 2.06.